The van der Waals surface area contributed by atoms with Crippen LogP contribution in [0.2, 0.25) is 0 Å². The van der Waals surface area contributed by atoms with Crippen LogP contribution in [0, 0.1) is 0 Å². The van der Waals surface area contributed by atoms with Crippen LogP contribution in [0.4, 0.5) is 0 Å². The number of nitrogens with one attached hydrogen (secondary N) is 1. The van der Waals surface area contributed by atoms with Crippen molar-refractivity contribution in [2.75, 3.05) is 0 Å². The quantitative estimate of drug-likeness (QED) is 0.560. The normalized spacial score (nSPS) is 26.2. The molecule has 1 saturated heterocycles. The molecule has 25 heavy (non-hydrogen) atoms. The van der Waals surface area contributed by atoms with E-state index in [1.807, 2.05) is 6.92 Å². The Morgan fingerprint density at radius 2 is 1.96 bits per heavy atom. The predicted molar refractivity (Wildman–Crippen MR) is 90.4 cm³/mol. The number of phenols is 1. The maximum absolute atomic E-state index is 12.3. The van der Waals surface area contributed by atoms with E-state index in [-0.39, 0.29) is 16.7 Å². The number of thioether (sulfide) groups is 1. The lowest BCUT2D eigenvalue weighted by molar-refractivity contribution is -0.150. The highest BCUT2D eigenvalue weighted by atomic mass is 32.2. The number of aromatic hydroxyl groups is 1. The fourth-order valence-corrected chi connectivity index (χ4v) is 4.13. The first-order valence-electron chi connectivity index (χ1n) is 7.58. The molecule has 2 heterocycles. The standard InChI is InChI=1S/C16H17N3O5S/c1-7-6-10(16(23)24)19-14(22)12(15(19)25-7)18-13(21)11(17)8-2-4-9(20)5-3-8/h2-7,11-12,15,20H,17H2,1H3,(H,18,21)(H,23,24)/t7?,11?,12?,15-/m0/s1. The molecule has 5 N–H and O–H groups in total. The summed E-state index contributed by atoms with van der Waals surface area (Å²) in [5.41, 5.74) is 6.34. The zero-order chi connectivity index (χ0) is 18.3. The number of aliphatic carboxylic acids is 1. The summed E-state index contributed by atoms with van der Waals surface area (Å²) in [4.78, 5) is 37.1. The predicted octanol–water partition coefficient (Wildman–Crippen LogP) is 0.149. The Morgan fingerprint density at radius 1 is 1.32 bits per heavy atom. The van der Waals surface area contributed by atoms with Gasteiger partial charge in [0, 0.05) is 5.25 Å². The summed E-state index contributed by atoms with van der Waals surface area (Å²) in [5, 5.41) is 20.5. The smallest absolute Gasteiger partial charge is 0.352 e. The molecule has 8 nitrogen and oxygen atoms in total. The molecule has 1 aromatic rings. The molecule has 4 atom stereocenters. The molecule has 0 aromatic heterocycles. The Hall–Kier alpha value is -2.52. The monoisotopic (exact) mass is 363 g/mol. The van der Waals surface area contributed by atoms with Crippen molar-refractivity contribution in [1.82, 2.24) is 10.2 Å². The Labute approximate surface area is 147 Å². The number of phenolic OH excluding ortho intramolecular Hbond substituents is 1. The second-order valence-corrected chi connectivity index (χ2v) is 7.35. The van der Waals surface area contributed by atoms with E-state index in [1.165, 1.54) is 47.0 Å². The molecular formula is C16H17N3O5S. The van der Waals surface area contributed by atoms with Crippen molar-refractivity contribution in [3.63, 3.8) is 0 Å². The average Bonchev–Trinajstić information content (AvgIpc) is 2.58. The van der Waals surface area contributed by atoms with Gasteiger partial charge in [-0.2, -0.15) is 0 Å². The van der Waals surface area contributed by atoms with Gasteiger partial charge in [-0.05, 0) is 30.7 Å². The van der Waals surface area contributed by atoms with Gasteiger partial charge in [-0.1, -0.05) is 12.1 Å². The van der Waals surface area contributed by atoms with Crippen molar-refractivity contribution in [3.05, 3.63) is 41.6 Å². The number of amides is 2. The first-order chi connectivity index (χ1) is 11.8. The maximum Gasteiger partial charge on any atom is 0.352 e. The Morgan fingerprint density at radius 3 is 2.56 bits per heavy atom. The van der Waals surface area contributed by atoms with Crippen LogP contribution in [-0.2, 0) is 14.4 Å². The lowest BCUT2D eigenvalue weighted by Crippen LogP contribution is -2.71. The number of carboxylic acids is 1. The van der Waals surface area contributed by atoms with Crippen molar-refractivity contribution in [3.8, 4) is 5.75 Å². The van der Waals surface area contributed by atoms with Crippen LogP contribution in [0.25, 0.3) is 0 Å². The molecule has 3 rings (SSSR count). The third-order valence-electron chi connectivity index (χ3n) is 4.10. The Bertz CT molecular complexity index is 764. The SMILES string of the molecule is CC1C=C(C(=O)O)N2C(=O)C(NC(=O)C(N)c3ccc(O)cc3)[C@@H]2S1. The topological polar surface area (TPSA) is 133 Å². The molecule has 0 radical (unpaired) electrons. The van der Waals surface area contributed by atoms with Crippen molar-refractivity contribution in [2.24, 2.45) is 5.73 Å². The van der Waals surface area contributed by atoms with Gasteiger partial charge in [-0.25, -0.2) is 4.79 Å². The highest BCUT2D eigenvalue weighted by molar-refractivity contribution is 8.00. The number of fused-ring (bicyclic) bond motifs is 1. The zero-order valence-corrected chi connectivity index (χ0v) is 14.1. The molecule has 0 bridgehead atoms. The minimum absolute atomic E-state index is 0.0572. The number of carbonyl (C=O) groups is 3. The number of nitrogens with zero attached hydrogens (tertiary/aromatic N) is 1. The summed E-state index contributed by atoms with van der Waals surface area (Å²) in [7, 11) is 0. The molecule has 0 saturated carbocycles. The lowest BCUT2D eigenvalue weighted by Gasteiger charge is -2.49. The number of hydrogen-bond donors (Lipinski definition) is 4. The molecule has 3 unspecified atom stereocenters. The van der Waals surface area contributed by atoms with Crippen LogP contribution in [0.5, 0.6) is 5.75 Å². The molecular weight excluding hydrogens is 346 g/mol. The Kier molecular flexibility index (Phi) is 4.44. The van der Waals surface area contributed by atoms with Crippen molar-refractivity contribution >= 4 is 29.5 Å². The molecule has 1 aromatic carbocycles. The summed E-state index contributed by atoms with van der Waals surface area (Å²) < 4.78 is 0. The van der Waals surface area contributed by atoms with Crippen LogP contribution in [0.15, 0.2) is 36.0 Å². The van der Waals surface area contributed by atoms with Crippen LogP contribution in [0.1, 0.15) is 18.5 Å². The van der Waals surface area contributed by atoms with Gasteiger partial charge in [-0.15, -0.1) is 11.8 Å². The van der Waals surface area contributed by atoms with E-state index < -0.39 is 35.2 Å². The molecule has 1 fully saturated rings. The summed E-state index contributed by atoms with van der Waals surface area (Å²) >= 11 is 1.40. The maximum atomic E-state index is 12.3. The van der Waals surface area contributed by atoms with Gasteiger partial charge in [0.1, 0.15) is 28.9 Å². The molecule has 2 amide bonds. The van der Waals surface area contributed by atoms with Gasteiger partial charge in [0.15, 0.2) is 0 Å². The van der Waals surface area contributed by atoms with Gasteiger partial charge in [0.05, 0.1) is 0 Å². The minimum Gasteiger partial charge on any atom is -0.508 e. The number of carboxylic acid groups (broad SMARTS) is 1. The van der Waals surface area contributed by atoms with Crippen LogP contribution in [-0.4, -0.2) is 49.6 Å². The third-order valence-corrected chi connectivity index (χ3v) is 5.43. The zero-order valence-electron chi connectivity index (χ0n) is 13.2. The second-order valence-electron chi connectivity index (χ2n) is 5.85. The molecule has 0 aliphatic carbocycles. The van der Waals surface area contributed by atoms with Gasteiger partial charge in [-0.3, -0.25) is 14.5 Å². The van der Waals surface area contributed by atoms with Gasteiger partial charge >= 0.3 is 5.97 Å². The van der Waals surface area contributed by atoms with E-state index in [2.05, 4.69) is 5.32 Å². The molecule has 2 aliphatic heterocycles. The second kappa shape index (κ2) is 6.41. The highest BCUT2D eigenvalue weighted by Gasteiger charge is 2.54. The summed E-state index contributed by atoms with van der Waals surface area (Å²) in [5.74, 6) is -2.12. The van der Waals surface area contributed by atoms with Gasteiger partial charge < -0.3 is 21.3 Å². The number of rotatable bonds is 4. The number of benzene rings is 1. The first-order valence-corrected chi connectivity index (χ1v) is 8.52. The largest absolute Gasteiger partial charge is 0.508 e. The van der Waals surface area contributed by atoms with Crippen molar-refractivity contribution in [2.45, 2.75) is 29.6 Å². The number of nitrogens with two attached hydrogens (primary N) is 1. The third kappa shape index (κ3) is 3.08. The van der Waals surface area contributed by atoms with Crippen LogP contribution >= 0.6 is 11.8 Å². The summed E-state index contributed by atoms with van der Waals surface area (Å²) in [6.07, 6.45) is 1.52. The van der Waals surface area contributed by atoms with E-state index in [0.717, 1.165) is 0 Å². The summed E-state index contributed by atoms with van der Waals surface area (Å²) in [6, 6.07) is 4.07. The van der Waals surface area contributed by atoms with Crippen molar-refractivity contribution < 1.29 is 24.6 Å². The number of β-lactam (4-membered cyclic amide) rings is 1. The fourth-order valence-electron chi connectivity index (χ4n) is 2.80. The van der Waals surface area contributed by atoms with E-state index in [9.17, 15) is 24.6 Å². The Balaban J connectivity index is 1.71. The molecule has 132 valence electrons. The lowest BCUT2D eigenvalue weighted by atomic mass is 10.0. The van der Waals surface area contributed by atoms with E-state index in [0.29, 0.717) is 5.56 Å². The summed E-state index contributed by atoms with van der Waals surface area (Å²) in [6.45, 7) is 1.83. The van der Waals surface area contributed by atoms with E-state index in [1.54, 1.807) is 0 Å². The average molecular weight is 363 g/mol. The van der Waals surface area contributed by atoms with Crippen molar-refractivity contribution in [1.29, 1.82) is 0 Å². The molecule has 0 spiro atoms. The fraction of sp³-hybridized carbons (Fsp3) is 0.312. The number of carbonyl (C=O) groups excluding carboxylic acids is 2. The highest BCUT2D eigenvalue weighted by Crippen LogP contribution is 2.40. The van der Waals surface area contributed by atoms with Gasteiger partial charge in [0.2, 0.25) is 5.91 Å². The molecule has 2 aliphatic rings. The molecule has 9 heteroatoms. The van der Waals surface area contributed by atoms with E-state index in [4.69, 9.17) is 5.73 Å². The van der Waals surface area contributed by atoms with Crippen LogP contribution < -0.4 is 11.1 Å². The first kappa shape index (κ1) is 17.3. The minimum atomic E-state index is -1.17. The van der Waals surface area contributed by atoms with Crippen LogP contribution in [0.3, 0.4) is 0 Å². The number of hydrogen-bond acceptors (Lipinski definition) is 6. The van der Waals surface area contributed by atoms with Gasteiger partial charge in [0.25, 0.3) is 5.91 Å². The van der Waals surface area contributed by atoms with E-state index >= 15 is 0 Å².